The molecule has 4 nitrogen and oxygen atoms in total. The van der Waals surface area contributed by atoms with Crippen molar-refractivity contribution >= 4 is 5.69 Å². The van der Waals surface area contributed by atoms with Gasteiger partial charge in [-0.1, -0.05) is 6.07 Å². The first-order chi connectivity index (χ1) is 9.22. The van der Waals surface area contributed by atoms with E-state index in [-0.39, 0.29) is 0 Å². The van der Waals surface area contributed by atoms with Crippen LogP contribution in [0.4, 0.5) is 5.69 Å². The van der Waals surface area contributed by atoms with Crippen LogP contribution in [0.5, 0.6) is 5.75 Å². The average molecular weight is 255 g/mol. The Hall–Kier alpha value is -2.41. The number of aryl methyl sites for hydroxylation is 1. The smallest absolute Gasteiger partial charge is 0.121 e. The summed E-state index contributed by atoms with van der Waals surface area (Å²) in [5.74, 6) is 0.860. The standard InChI is InChI=1S/C15H17N3O/c1-3-19-15-6-4-5-13(8-15)17-10-12-7-14(9-16)18(2)11-12/h4-8,11,17H,3,10H2,1-2H3. The molecular formula is C15H17N3O. The van der Waals surface area contributed by atoms with Crippen LogP contribution in [0.3, 0.4) is 0 Å². The fourth-order valence-electron chi connectivity index (χ4n) is 1.91. The van der Waals surface area contributed by atoms with E-state index in [0.717, 1.165) is 17.0 Å². The van der Waals surface area contributed by atoms with E-state index in [2.05, 4.69) is 11.4 Å². The topological polar surface area (TPSA) is 50.0 Å². The third-order valence-corrected chi connectivity index (χ3v) is 2.82. The molecule has 0 aliphatic heterocycles. The van der Waals surface area contributed by atoms with Crippen molar-refractivity contribution in [3.63, 3.8) is 0 Å². The molecule has 0 atom stereocenters. The van der Waals surface area contributed by atoms with Crippen molar-refractivity contribution in [3.8, 4) is 11.8 Å². The van der Waals surface area contributed by atoms with Crippen LogP contribution in [0.25, 0.3) is 0 Å². The molecule has 4 heteroatoms. The van der Waals surface area contributed by atoms with Crippen molar-refractivity contribution in [2.45, 2.75) is 13.5 Å². The fourth-order valence-corrected chi connectivity index (χ4v) is 1.91. The van der Waals surface area contributed by atoms with Crippen LogP contribution in [-0.4, -0.2) is 11.2 Å². The van der Waals surface area contributed by atoms with Gasteiger partial charge in [0.1, 0.15) is 17.5 Å². The van der Waals surface area contributed by atoms with Gasteiger partial charge in [0.2, 0.25) is 0 Å². The second-order valence-corrected chi connectivity index (χ2v) is 4.27. The van der Waals surface area contributed by atoms with Gasteiger partial charge in [-0.3, -0.25) is 0 Å². The number of hydrogen-bond acceptors (Lipinski definition) is 3. The first-order valence-electron chi connectivity index (χ1n) is 6.25. The zero-order chi connectivity index (χ0) is 13.7. The SMILES string of the molecule is CCOc1cccc(NCc2cc(C#N)n(C)c2)c1. The van der Waals surface area contributed by atoms with Crippen LogP contribution in [0.1, 0.15) is 18.2 Å². The van der Waals surface area contributed by atoms with Gasteiger partial charge in [0.25, 0.3) is 0 Å². The van der Waals surface area contributed by atoms with Gasteiger partial charge >= 0.3 is 0 Å². The van der Waals surface area contributed by atoms with E-state index in [1.54, 1.807) is 0 Å². The molecule has 19 heavy (non-hydrogen) atoms. The Balaban J connectivity index is 2.01. The summed E-state index contributed by atoms with van der Waals surface area (Å²) in [4.78, 5) is 0. The number of aromatic nitrogens is 1. The second kappa shape index (κ2) is 5.96. The molecule has 0 saturated heterocycles. The molecule has 1 N–H and O–H groups in total. The van der Waals surface area contributed by atoms with Crippen molar-refractivity contribution in [3.05, 3.63) is 47.8 Å². The third-order valence-electron chi connectivity index (χ3n) is 2.82. The lowest BCUT2D eigenvalue weighted by Gasteiger charge is -2.08. The second-order valence-electron chi connectivity index (χ2n) is 4.27. The number of nitrogens with zero attached hydrogens (tertiary/aromatic N) is 2. The van der Waals surface area contributed by atoms with Gasteiger partial charge in [-0.25, -0.2) is 0 Å². The van der Waals surface area contributed by atoms with Crippen molar-refractivity contribution in [2.24, 2.45) is 7.05 Å². The number of benzene rings is 1. The van der Waals surface area contributed by atoms with Crippen LogP contribution in [0.2, 0.25) is 0 Å². The number of rotatable bonds is 5. The Morgan fingerprint density at radius 3 is 2.89 bits per heavy atom. The number of anilines is 1. The predicted octanol–water partition coefficient (Wildman–Crippen LogP) is 2.91. The number of ether oxygens (including phenoxy) is 1. The van der Waals surface area contributed by atoms with Crippen LogP contribution in [-0.2, 0) is 13.6 Å². The molecule has 0 saturated carbocycles. The highest BCUT2D eigenvalue weighted by Crippen LogP contribution is 2.18. The van der Waals surface area contributed by atoms with Crippen molar-refractivity contribution in [2.75, 3.05) is 11.9 Å². The van der Waals surface area contributed by atoms with Gasteiger partial charge in [0, 0.05) is 31.5 Å². The molecule has 1 aromatic heterocycles. The molecule has 0 aliphatic carbocycles. The molecule has 0 fully saturated rings. The molecular weight excluding hydrogens is 238 g/mol. The van der Waals surface area contributed by atoms with Gasteiger partial charge in [-0.2, -0.15) is 5.26 Å². The number of hydrogen-bond donors (Lipinski definition) is 1. The Kier molecular flexibility index (Phi) is 4.09. The number of nitrogens with one attached hydrogen (secondary N) is 1. The summed E-state index contributed by atoms with van der Waals surface area (Å²) >= 11 is 0. The highest BCUT2D eigenvalue weighted by atomic mass is 16.5. The molecule has 0 spiro atoms. The zero-order valence-electron chi connectivity index (χ0n) is 11.2. The molecule has 1 heterocycles. The number of nitriles is 1. The molecule has 2 rings (SSSR count). The maximum Gasteiger partial charge on any atom is 0.121 e. The van der Waals surface area contributed by atoms with E-state index in [1.165, 1.54) is 0 Å². The molecule has 0 unspecified atom stereocenters. The average Bonchev–Trinajstić information content (AvgIpc) is 2.78. The summed E-state index contributed by atoms with van der Waals surface area (Å²) in [6, 6.07) is 11.9. The van der Waals surface area contributed by atoms with Gasteiger partial charge in [0.15, 0.2) is 0 Å². The van der Waals surface area contributed by atoms with Gasteiger partial charge in [0.05, 0.1) is 6.61 Å². The van der Waals surface area contributed by atoms with E-state index in [0.29, 0.717) is 18.8 Å². The Morgan fingerprint density at radius 2 is 2.21 bits per heavy atom. The molecule has 0 radical (unpaired) electrons. The van der Waals surface area contributed by atoms with Crippen LogP contribution in [0, 0.1) is 11.3 Å². The maximum atomic E-state index is 8.90. The van der Waals surface area contributed by atoms with Crippen LogP contribution in [0.15, 0.2) is 36.5 Å². The Bertz CT molecular complexity index is 596. The summed E-state index contributed by atoms with van der Waals surface area (Å²) in [7, 11) is 1.87. The first-order valence-corrected chi connectivity index (χ1v) is 6.25. The quantitative estimate of drug-likeness (QED) is 0.893. The van der Waals surface area contributed by atoms with Gasteiger partial charge in [-0.15, -0.1) is 0 Å². The third kappa shape index (κ3) is 3.29. The lowest BCUT2D eigenvalue weighted by atomic mass is 10.2. The minimum atomic E-state index is 0.660. The molecule has 1 aromatic carbocycles. The van der Waals surface area contributed by atoms with E-state index in [4.69, 9.17) is 10.00 Å². The summed E-state index contributed by atoms with van der Waals surface area (Å²) in [5, 5.41) is 12.2. The Labute approximate surface area is 113 Å². The maximum absolute atomic E-state index is 8.90. The van der Waals surface area contributed by atoms with E-state index >= 15 is 0 Å². The molecule has 0 amide bonds. The summed E-state index contributed by atoms with van der Waals surface area (Å²) < 4.78 is 7.28. The monoisotopic (exact) mass is 255 g/mol. The minimum absolute atomic E-state index is 0.660. The van der Waals surface area contributed by atoms with Gasteiger partial charge < -0.3 is 14.6 Å². The summed E-state index contributed by atoms with van der Waals surface area (Å²) in [6.45, 7) is 3.31. The van der Waals surface area contributed by atoms with Crippen LogP contribution < -0.4 is 10.1 Å². The fraction of sp³-hybridized carbons (Fsp3) is 0.267. The normalized spacial score (nSPS) is 9.95. The van der Waals surface area contributed by atoms with Crippen molar-refractivity contribution < 1.29 is 4.74 Å². The Morgan fingerprint density at radius 1 is 1.37 bits per heavy atom. The van der Waals surface area contributed by atoms with E-state index < -0.39 is 0 Å². The summed E-state index contributed by atoms with van der Waals surface area (Å²) in [6.07, 6.45) is 1.96. The zero-order valence-corrected chi connectivity index (χ0v) is 11.2. The molecule has 0 aliphatic rings. The molecule has 2 aromatic rings. The molecule has 98 valence electrons. The van der Waals surface area contributed by atoms with Crippen LogP contribution >= 0.6 is 0 Å². The van der Waals surface area contributed by atoms with Crippen molar-refractivity contribution in [1.82, 2.24) is 4.57 Å². The van der Waals surface area contributed by atoms with E-state index in [1.807, 2.05) is 55.1 Å². The van der Waals surface area contributed by atoms with Crippen molar-refractivity contribution in [1.29, 1.82) is 5.26 Å². The predicted molar refractivity (Wildman–Crippen MR) is 75.1 cm³/mol. The minimum Gasteiger partial charge on any atom is -0.494 e. The summed E-state index contributed by atoms with van der Waals surface area (Å²) in [5.41, 5.74) is 2.76. The van der Waals surface area contributed by atoms with E-state index in [9.17, 15) is 0 Å². The highest BCUT2D eigenvalue weighted by Gasteiger charge is 2.02. The van der Waals surface area contributed by atoms with Gasteiger partial charge in [-0.05, 0) is 30.7 Å². The highest BCUT2D eigenvalue weighted by molar-refractivity contribution is 5.48. The lowest BCUT2D eigenvalue weighted by molar-refractivity contribution is 0.340. The lowest BCUT2D eigenvalue weighted by Crippen LogP contribution is -1.99. The first kappa shape index (κ1) is 13.0. The largest absolute Gasteiger partial charge is 0.494 e. The molecule has 0 bridgehead atoms.